The molecule has 126 valence electrons. The van der Waals surface area contributed by atoms with Crippen molar-refractivity contribution in [2.45, 2.75) is 40.5 Å². The average molecular weight is 328 g/mol. The van der Waals surface area contributed by atoms with Gasteiger partial charge in [0.1, 0.15) is 11.5 Å². The van der Waals surface area contributed by atoms with E-state index < -0.39 is 0 Å². The highest BCUT2D eigenvalue weighted by atomic mass is 16.3. The SMILES string of the molecule is CCc1ccc2c(c1-c1ccc(C)cc1)C=C(c1cc(C)c(C)o1)C2. The van der Waals surface area contributed by atoms with Crippen molar-refractivity contribution in [1.29, 1.82) is 0 Å². The molecule has 1 aliphatic rings. The van der Waals surface area contributed by atoms with Gasteiger partial charge in [-0.15, -0.1) is 0 Å². The largest absolute Gasteiger partial charge is 0.461 e. The van der Waals surface area contributed by atoms with Crippen LogP contribution in [0.25, 0.3) is 22.8 Å². The Kier molecular flexibility index (Phi) is 3.88. The molecule has 1 aliphatic carbocycles. The van der Waals surface area contributed by atoms with Crippen LogP contribution in [0.2, 0.25) is 0 Å². The third-order valence-corrected chi connectivity index (χ3v) is 5.33. The minimum Gasteiger partial charge on any atom is -0.461 e. The van der Waals surface area contributed by atoms with Crippen LogP contribution in [0.3, 0.4) is 0 Å². The molecule has 0 saturated heterocycles. The lowest BCUT2D eigenvalue weighted by Gasteiger charge is -2.13. The summed E-state index contributed by atoms with van der Waals surface area (Å²) in [4.78, 5) is 0. The first kappa shape index (κ1) is 16.0. The second kappa shape index (κ2) is 6.07. The van der Waals surface area contributed by atoms with Crippen molar-refractivity contribution in [3.8, 4) is 11.1 Å². The van der Waals surface area contributed by atoms with E-state index >= 15 is 0 Å². The normalized spacial score (nSPS) is 13.0. The number of fused-ring (bicyclic) bond motifs is 1. The van der Waals surface area contributed by atoms with Crippen LogP contribution in [0.1, 0.15) is 46.3 Å². The number of allylic oxidation sites excluding steroid dienone is 1. The van der Waals surface area contributed by atoms with Gasteiger partial charge in [-0.25, -0.2) is 0 Å². The third-order valence-electron chi connectivity index (χ3n) is 5.33. The lowest BCUT2D eigenvalue weighted by molar-refractivity contribution is 0.518. The van der Waals surface area contributed by atoms with Crippen LogP contribution >= 0.6 is 0 Å². The maximum absolute atomic E-state index is 5.98. The Labute approximate surface area is 150 Å². The van der Waals surface area contributed by atoms with Gasteiger partial charge in [0, 0.05) is 6.42 Å². The molecule has 0 aliphatic heterocycles. The molecule has 25 heavy (non-hydrogen) atoms. The molecule has 0 amide bonds. The van der Waals surface area contributed by atoms with E-state index in [0.717, 1.165) is 24.4 Å². The number of hydrogen-bond donors (Lipinski definition) is 0. The second-order valence-electron chi connectivity index (χ2n) is 7.09. The summed E-state index contributed by atoms with van der Waals surface area (Å²) in [7, 11) is 0. The highest BCUT2D eigenvalue weighted by Crippen LogP contribution is 2.40. The molecule has 1 aromatic heterocycles. The van der Waals surface area contributed by atoms with Crippen molar-refractivity contribution in [2.24, 2.45) is 0 Å². The minimum atomic E-state index is 0.949. The van der Waals surface area contributed by atoms with Gasteiger partial charge >= 0.3 is 0 Å². The monoisotopic (exact) mass is 328 g/mol. The van der Waals surface area contributed by atoms with E-state index in [4.69, 9.17) is 4.42 Å². The van der Waals surface area contributed by atoms with E-state index in [0.29, 0.717) is 0 Å². The van der Waals surface area contributed by atoms with Crippen LogP contribution in [-0.4, -0.2) is 0 Å². The highest BCUT2D eigenvalue weighted by Gasteiger charge is 2.22. The summed E-state index contributed by atoms with van der Waals surface area (Å²) in [6.45, 7) is 8.52. The smallest absolute Gasteiger partial charge is 0.130 e. The number of hydrogen-bond acceptors (Lipinski definition) is 1. The molecule has 0 atom stereocenters. The number of rotatable bonds is 3. The van der Waals surface area contributed by atoms with Crippen molar-refractivity contribution in [2.75, 3.05) is 0 Å². The molecule has 0 spiro atoms. The van der Waals surface area contributed by atoms with Crippen LogP contribution in [-0.2, 0) is 12.8 Å². The third kappa shape index (κ3) is 2.74. The predicted octanol–water partition coefficient (Wildman–Crippen LogP) is 6.53. The summed E-state index contributed by atoms with van der Waals surface area (Å²) in [5.74, 6) is 2.03. The molecule has 1 heterocycles. The van der Waals surface area contributed by atoms with Gasteiger partial charge in [-0.3, -0.25) is 0 Å². The van der Waals surface area contributed by atoms with Crippen LogP contribution in [0, 0.1) is 20.8 Å². The fourth-order valence-electron chi connectivity index (χ4n) is 3.70. The Morgan fingerprint density at radius 2 is 1.72 bits per heavy atom. The maximum Gasteiger partial charge on any atom is 0.130 e. The topological polar surface area (TPSA) is 13.1 Å². The summed E-state index contributed by atoms with van der Waals surface area (Å²) in [6.07, 6.45) is 4.32. The predicted molar refractivity (Wildman–Crippen MR) is 106 cm³/mol. The lowest BCUT2D eigenvalue weighted by atomic mass is 9.91. The first-order valence-corrected chi connectivity index (χ1v) is 9.06. The molecule has 0 N–H and O–H groups in total. The summed E-state index contributed by atoms with van der Waals surface area (Å²) >= 11 is 0. The Morgan fingerprint density at radius 1 is 0.960 bits per heavy atom. The molecular weight excluding hydrogens is 304 g/mol. The molecule has 0 bridgehead atoms. The van der Waals surface area contributed by atoms with Crippen LogP contribution < -0.4 is 0 Å². The van der Waals surface area contributed by atoms with E-state index in [9.17, 15) is 0 Å². The van der Waals surface area contributed by atoms with Gasteiger partial charge in [-0.2, -0.15) is 0 Å². The van der Waals surface area contributed by atoms with Crippen molar-refractivity contribution in [3.05, 3.63) is 81.8 Å². The molecule has 1 heteroatoms. The summed E-state index contributed by atoms with van der Waals surface area (Å²) in [6, 6.07) is 15.6. The van der Waals surface area contributed by atoms with Gasteiger partial charge in [0.2, 0.25) is 0 Å². The van der Waals surface area contributed by atoms with Crippen molar-refractivity contribution in [3.63, 3.8) is 0 Å². The summed E-state index contributed by atoms with van der Waals surface area (Å²) < 4.78 is 5.98. The van der Waals surface area contributed by atoms with E-state index in [1.807, 2.05) is 6.92 Å². The van der Waals surface area contributed by atoms with E-state index in [1.54, 1.807) is 0 Å². The molecule has 0 radical (unpaired) electrons. The van der Waals surface area contributed by atoms with Gasteiger partial charge in [0.15, 0.2) is 0 Å². The molecule has 2 aromatic carbocycles. The zero-order valence-corrected chi connectivity index (χ0v) is 15.4. The molecular formula is C24H24O. The number of aryl methyl sites for hydroxylation is 4. The maximum atomic E-state index is 5.98. The van der Waals surface area contributed by atoms with Crippen molar-refractivity contribution >= 4 is 11.6 Å². The van der Waals surface area contributed by atoms with Crippen molar-refractivity contribution in [1.82, 2.24) is 0 Å². The first-order valence-electron chi connectivity index (χ1n) is 9.06. The summed E-state index contributed by atoms with van der Waals surface area (Å²) in [5.41, 5.74) is 10.7. The Bertz CT molecular complexity index is 949. The molecule has 1 nitrogen and oxygen atoms in total. The lowest BCUT2D eigenvalue weighted by Crippen LogP contribution is -1.94. The van der Waals surface area contributed by atoms with Crippen molar-refractivity contribution < 1.29 is 4.42 Å². The van der Waals surface area contributed by atoms with E-state index in [1.165, 1.54) is 44.5 Å². The first-order chi connectivity index (χ1) is 12.1. The Morgan fingerprint density at radius 3 is 2.36 bits per heavy atom. The number of benzene rings is 2. The zero-order valence-electron chi connectivity index (χ0n) is 15.4. The second-order valence-corrected chi connectivity index (χ2v) is 7.09. The zero-order chi connectivity index (χ0) is 17.6. The molecule has 0 saturated carbocycles. The molecule has 3 aromatic rings. The highest BCUT2D eigenvalue weighted by molar-refractivity contribution is 5.94. The average Bonchev–Trinajstić information content (AvgIpc) is 3.18. The van der Waals surface area contributed by atoms with Crippen LogP contribution in [0.4, 0.5) is 0 Å². The van der Waals surface area contributed by atoms with Crippen LogP contribution in [0.15, 0.2) is 46.9 Å². The van der Waals surface area contributed by atoms with Gasteiger partial charge in [-0.05, 0) is 78.3 Å². The van der Waals surface area contributed by atoms with Crippen LogP contribution in [0.5, 0.6) is 0 Å². The van der Waals surface area contributed by atoms with Gasteiger partial charge in [-0.1, -0.05) is 48.9 Å². The van der Waals surface area contributed by atoms with Gasteiger partial charge in [0.05, 0.1) is 0 Å². The quantitative estimate of drug-likeness (QED) is 0.532. The van der Waals surface area contributed by atoms with E-state index in [-0.39, 0.29) is 0 Å². The molecule has 0 fully saturated rings. The van der Waals surface area contributed by atoms with E-state index in [2.05, 4.69) is 69.3 Å². The molecule has 4 rings (SSSR count). The Hall–Kier alpha value is -2.54. The standard InChI is InChI=1S/C24H24O/c1-5-18-10-11-20-13-21(23-12-16(3)17(4)25-23)14-22(20)24(18)19-8-6-15(2)7-9-19/h6-12,14H,5,13H2,1-4H3. The van der Waals surface area contributed by atoms with Gasteiger partial charge in [0.25, 0.3) is 0 Å². The number of furan rings is 1. The van der Waals surface area contributed by atoms with Gasteiger partial charge < -0.3 is 4.42 Å². The fourth-order valence-corrected chi connectivity index (χ4v) is 3.70. The minimum absolute atomic E-state index is 0.949. The fraction of sp³-hybridized carbons (Fsp3) is 0.250. The molecule has 0 unspecified atom stereocenters. The summed E-state index contributed by atoms with van der Waals surface area (Å²) in [5, 5.41) is 0. The Balaban J connectivity index is 1.87.